The van der Waals surface area contributed by atoms with E-state index in [9.17, 15) is 13.2 Å². The van der Waals surface area contributed by atoms with E-state index in [4.69, 9.17) is 14.7 Å². The van der Waals surface area contributed by atoms with Gasteiger partial charge in [-0.1, -0.05) is 57.5 Å². The first-order chi connectivity index (χ1) is 24.6. The number of hydrogen-bond donors (Lipinski definition) is 0. The van der Waals surface area contributed by atoms with E-state index < -0.39 is 20.7 Å². The number of imidazole rings is 2. The molecule has 9 nitrogen and oxygen atoms in total. The van der Waals surface area contributed by atoms with Crippen molar-refractivity contribution in [2.45, 2.75) is 143 Å². The number of rotatable bonds is 8. The Labute approximate surface area is 325 Å². The molecule has 4 aromatic rings. The molecule has 1 amide bonds. The van der Waals surface area contributed by atoms with E-state index >= 15 is 0 Å². The van der Waals surface area contributed by atoms with Crippen molar-refractivity contribution < 1.29 is 17.9 Å². The quantitative estimate of drug-likeness (QED) is 0.176. The molecular formula is C42H60BrN5O4S. The lowest BCUT2D eigenvalue weighted by molar-refractivity contribution is 0.0217. The van der Waals surface area contributed by atoms with Gasteiger partial charge in [0.05, 0.1) is 32.2 Å². The Balaban J connectivity index is 0.000000213. The molecule has 0 bridgehead atoms. The lowest BCUT2D eigenvalue weighted by Gasteiger charge is -2.33. The van der Waals surface area contributed by atoms with Crippen LogP contribution in [0.5, 0.6) is 0 Å². The van der Waals surface area contributed by atoms with E-state index in [0.717, 1.165) is 58.7 Å². The second-order valence-corrected chi connectivity index (χ2v) is 22.3. The SMILES string of the molecule is CC(C)(C)Cc1nc2cc(Br)ccc2n1CC1CC1.CC(C)(C)Cc1nc2cc(S(=O)(=O)C3CCN(C(=O)OC(C)(C)C)CC3)ccc2n1CC1CC1. The number of ether oxygens (including phenoxy) is 1. The monoisotopic (exact) mass is 809 g/mol. The number of carbonyl (C=O) groups is 1. The summed E-state index contributed by atoms with van der Waals surface area (Å²) >= 11 is 3.54. The highest BCUT2D eigenvalue weighted by molar-refractivity contribution is 9.10. The highest BCUT2D eigenvalue weighted by Gasteiger charge is 2.35. The fourth-order valence-electron chi connectivity index (χ4n) is 7.10. The number of hydrogen-bond acceptors (Lipinski definition) is 6. The van der Waals surface area contributed by atoms with Crippen molar-refractivity contribution in [2.24, 2.45) is 22.7 Å². The van der Waals surface area contributed by atoms with Crippen molar-refractivity contribution in [3.8, 4) is 0 Å². The van der Waals surface area contributed by atoms with Crippen molar-refractivity contribution in [2.75, 3.05) is 13.1 Å². The number of amides is 1. The van der Waals surface area contributed by atoms with Gasteiger partial charge in [0.1, 0.15) is 17.2 Å². The lowest BCUT2D eigenvalue weighted by Crippen LogP contribution is -2.44. The van der Waals surface area contributed by atoms with Crippen LogP contribution in [-0.4, -0.2) is 62.5 Å². The van der Waals surface area contributed by atoms with Crippen molar-refractivity contribution in [3.05, 3.63) is 52.5 Å². The summed E-state index contributed by atoms with van der Waals surface area (Å²) in [6.45, 7) is 21.8. The Morgan fingerprint density at radius 2 is 1.21 bits per heavy atom. The van der Waals surface area contributed by atoms with Crippen LogP contribution in [0.4, 0.5) is 4.79 Å². The van der Waals surface area contributed by atoms with Gasteiger partial charge in [-0.05, 0) is 118 Å². The maximum absolute atomic E-state index is 13.5. The van der Waals surface area contributed by atoms with Crippen LogP contribution >= 0.6 is 15.9 Å². The molecule has 53 heavy (non-hydrogen) atoms. The third kappa shape index (κ3) is 10.4. The fourth-order valence-corrected chi connectivity index (χ4v) is 9.20. The van der Waals surface area contributed by atoms with Crippen LogP contribution in [0.1, 0.15) is 112 Å². The van der Waals surface area contributed by atoms with Gasteiger partial charge in [-0.15, -0.1) is 0 Å². The van der Waals surface area contributed by atoms with Gasteiger partial charge in [0.2, 0.25) is 0 Å². The molecule has 0 spiro atoms. The van der Waals surface area contributed by atoms with Crippen LogP contribution in [0.2, 0.25) is 0 Å². The Morgan fingerprint density at radius 3 is 1.66 bits per heavy atom. The third-order valence-electron chi connectivity index (χ3n) is 10.1. The Bertz CT molecular complexity index is 2050. The molecule has 2 aromatic heterocycles. The number of carbonyl (C=O) groups excluding carboxylic acids is 1. The molecule has 3 aliphatic rings. The highest BCUT2D eigenvalue weighted by Crippen LogP contribution is 2.36. The Kier molecular flexibility index (Phi) is 11.2. The molecular weight excluding hydrogens is 750 g/mol. The van der Waals surface area contributed by atoms with Crippen LogP contribution in [0.25, 0.3) is 22.1 Å². The van der Waals surface area contributed by atoms with Crippen LogP contribution < -0.4 is 0 Å². The average molecular weight is 811 g/mol. The van der Waals surface area contributed by atoms with Crippen LogP contribution in [-0.2, 0) is 40.5 Å². The van der Waals surface area contributed by atoms with E-state index in [1.807, 2.05) is 26.8 Å². The van der Waals surface area contributed by atoms with Crippen LogP contribution in [0.3, 0.4) is 0 Å². The minimum atomic E-state index is -3.52. The maximum atomic E-state index is 13.5. The Morgan fingerprint density at radius 1 is 0.736 bits per heavy atom. The van der Waals surface area contributed by atoms with Crippen molar-refractivity contribution >= 4 is 53.9 Å². The molecule has 7 rings (SSSR count). The van der Waals surface area contributed by atoms with E-state index in [2.05, 4.69) is 84.8 Å². The number of likely N-dealkylation sites (tertiary alicyclic amines) is 1. The Hall–Kier alpha value is -2.92. The summed E-state index contributed by atoms with van der Waals surface area (Å²) in [5.74, 6) is 3.86. The summed E-state index contributed by atoms with van der Waals surface area (Å²) < 4.78 is 38.2. The zero-order valence-electron chi connectivity index (χ0n) is 33.3. The van der Waals surface area contributed by atoms with Crippen molar-refractivity contribution in [1.29, 1.82) is 0 Å². The van der Waals surface area contributed by atoms with Gasteiger partial charge in [0.25, 0.3) is 0 Å². The van der Waals surface area contributed by atoms with Gasteiger partial charge in [-0.25, -0.2) is 23.2 Å². The summed E-state index contributed by atoms with van der Waals surface area (Å²) in [5.41, 5.74) is 3.99. The second kappa shape index (κ2) is 15.0. The van der Waals surface area contributed by atoms with Gasteiger partial charge in [0.15, 0.2) is 9.84 Å². The minimum absolute atomic E-state index is 0.0969. The molecule has 0 unspecified atom stereocenters. The van der Waals surface area contributed by atoms with E-state index in [-0.39, 0.29) is 16.9 Å². The zero-order chi connectivity index (χ0) is 38.5. The summed E-state index contributed by atoms with van der Waals surface area (Å²) in [4.78, 5) is 24.1. The van der Waals surface area contributed by atoms with Gasteiger partial charge in [-0.2, -0.15) is 0 Å². The molecule has 3 heterocycles. The number of benzene rings is 2. The highest BCUT2D eigenvalue weighted by atomic mass is 79.9. The maximum Gasteiger partial charge on any atom is 0.410 e. The van der Waals surface area contributed by atoms with E-state index in [1.165, 1.54) is 37.0 Å². The van der Waals surface area contributed by atoms with Gasteiger partial charge >= 0.3 is 6.09 Å². The molecule has 3 fully saturated rings. The van der Waals surface area contributed by atoms with Crippen molar-refractivity contribution in [3.63, 3.8) is 0 Å². The van der Waals surface area contributed by atoms with Crippen LogP contribution in [0, 0.1) is 22.7 Å². The van der Waals surface area contributed by atoms with Crippen LogP contribution in [0.15, 0.2) is 45.8 Å². The number of sulfone groups is 1. The molecule has 0 N–H and O–H groups in total. The fraction of sp³-hybridized carbons (Fsp3) is 0.643. The smallest absolute Gasteiger partial charge is 0.410 e. The predicted molar refractivity (Wildman–Crippen MR) is 217 cm³/mol. The number of piperidine rings is 1. The van der Waals surface area contributed by atoms with Crippen molar-refractivity contribution in [1.82, 2.24) is 24.0 Å². The molecule has 2 aliphatic carbocycles. The number of nitrogens with zero attached hydrogens (tertiary/aromatic N) is 5. The third-order valence-corrected chi connectivity index (χ3v) is 12.9. The molecule has 290 valence electrons. The summed E-state index contributed by atoms with van der Waals surface area (Å²) in [6, 6.07) is 11.9. The first-order valence-corrected chi connectivity index (χ1v) is 21.8. The molecule has 2 saturated carbocycles. The first-order valence-electron chi connectivity index (χ1n) is 19.5. The van der Waals surface area contributed by atoms with Gasteiger partial charge < -0.3 is 18.8 Å². The molecule has 2 aromatic carbocycles. The van der Waals surface area contributed by atoms with E-state index in [0.29, 0.717) is 36.7 Å². The van der Waals surface area contributed by atoms with Gasteiger partial charge in [0, 0.05) is 43.5 Å². The normalized spacial score (nSPS) is 17.7. The van der Waals surface area contributed by atoms with E-state index in [1.54, 1.807) is 17.0 Å². The zero-order valence-corrected chi connectivity index (χ0v) is 35.7. The average Bonchev–Trinajstić information content (AvgIpc) is 3.97. The van der Waals surface area contributed by atoms with Gasteiger partial charge in [-0.3, -0.25) is 0 Å². The topological polar surface area (TPSA) is 99.3 Å². The molecule has 0 radical (unpaired) electrons. The molecule has 1 saturated heterocycles. The summed E-state index contributed by atoms with van der Waals surface area (Å²) in [6.07, 6.45) is 7.58. The summed E-state index contributed by atoms with van der Waals surface area (Å²) in [5, 5.41) is -0.508. The molecule has 11 heteroatoms. The first kappa shape index (κ1) is 39.8. The standard InChI is InChI=1S/C26H39N3O4S.C16H21BrN2/c1-25(2,3)16-23-27-21-15-20(9-10-22(21)29(23)17-18-7-8-18)34(31,32)19-11-13-28(14-12-19)24(30)33-26(4,5)6;1-16(2,3)9-15-18-13-8-12(17)6-7-14(13)19(15)10-11-4-5-11/h9-10,15,18-19H,7-8,11-14,16-17H2,1-6H3;6-8,11H,4-5,9-10H2,1-3H3. The minimum Gasteiger partial charge on any atom is -0.444 e. The number of halogens is 1. The summed E-state index contributed by atoms with van der Waals surface area (Å²) in [7, 11) is -3.52. The molecule has 1 aliphatic heterocycles. The number of fused-ring (bicyclic) bond motifs is 2. The lowest BCUT2D eigenvalue weighted by atomic mass is 9.92. The predicted octanol–water partition coefficient (Wildman–Crippen LogP) is 10.0. The second-order valence-electron chi connectivity index (χ2n) is 19.1. The molecule has 0 atom stereocenters. The number of aromatic nitrogens is 4. The largest absolute Gasteiger partial charge is 0.444 e.